The molecular formula is C32H25N3O3S2. The summed E-state index contributed by atoms with van der Waals surface area (Å²) in [6.45, 7) is 0. The number of carbonyl (C=O) groups excluding carboxylic acids is 3. The highest BCUT2D eigenvalue weighted by molar-refractivity contribution is 8.00. The molecule has 3 amide bonds. The molecule has 3 N–H and O–H groups in total. The van der Waals surface area contributed by atoms with Crippen LogP contribution in [-0.2, 0) is 9.59 Å². The van der Waals surface area contributed by atoms with Gasteiger partial charge in [0, 0.05) is 32.1 Å². The number of amides is 3. The summed E-state index contributed by atoms with van der Waals surface area (Å²) in [4.78, 5) is 40.2. The lowest BCUT2D eigenvalue weighted by Crippen LogP contribution is -2.30. The first-order chi connectivity index (χ1) is 19.5. The van der Waals surface area contributed by atoms with Crippen molar-refractivity contribution in [2.45, 2.75) is 4.90 Å². The molecule has 0 radical (unpaired) electrons. The second-order valence-corrected chi connectivity index (χ2v) is 10.8. The highest BCUT2D eigenvalue weighted by Crippen LogP contribution is 2.25. The third kappa shape index (κ3) is 7.05. The van der Waals surface area contributed by atoms with E-state index in [2.05, 4.69) is 16.0 Å². The first kappa shape index (κ1) is 26.9. The van der Waals surface area contributed by atoms with Gasteiger partial charge in [0.1, 0.15) is 5.70 Å². The molecule has 0 unspecified atom stereocenters. The predicted octanol–water partition coefficient (Wildman–Crippen LogP) is 7.04. The van der Waals surface area contributed by atoms with Crippen molar-refractivity contribution in [3.05, 3.63) is 131 Å². The van der Waals surface area contributed by atoms with Gasteiger partial charge in [-0.25, -0.2) is 0 Å². The Morgan fingerprint density at radius 2 is 1.50 bits per heavy atom. The van der Waals surface area contributed by atoms with Gasteiger partial charge in [0.2, 0.25) is 5.91 Å². The lowest BCUT2D eigenvalue weighted by molar-refractivity contribution is -0.114. The van der Waals surface area contributed by atoms with Crippen LogP contribution < -0.4 is 16.0 Å². The molecule has 0 aliphatic carbocycles. The first-order valence-electron chi connectivity index (χ1n) is 12.5. The van der Waals surface area contributed by atoms with Crippen LogP contribution in [0.4, 0.5) is 11.4 Å². The van der Waals surface area contributed by atoms with Crippen molar-refractivity contribution in [3.63, 3.8) is 0 Å². The van der Waals surface area contributed by atoms with Crippen molar-refractivity contribution in [3.8, 4) is 0 Å². The number of anilines is 2. The molecule has 1 aromatic heterocycles. The van der Waals surface area contributed by atoms with Crippen LogP contribution in [0, 0.1) is 0 Å². The standard InChI is InChI=1S/C32H25N3O3S2/c36-30(34-28-14-6-11-22-8-4-5-13-27(22)28)21-40-25-17-15-24(16-18-25)33-32(38)29(20-26-12-7-19-39-26)35-31(37)23-9-2-1-3-10-23/h1-20H,21H2,(H,33,38)(H,34,36)(H,35,37)/b29-20-. The summed E-state index contributed by atoms with van der Waals surface area (Å²) >= 11 is 2.87. The van der Waals surface area contributed by atoms with Gasteiger partial charge in [-0.3, -0.25) is 14.4 Å². The zero-order valence-electron chi connectivity index (χ0n) is 21.3. The average molecular weight is 564 g/mol. The molecule has 0 bridgehead atoms. The Balaban J connectivity index is 1.20. The molecule has 0 aliphatic heterocycles. The van der Waals surface area contributed by atoms with Crippen molar-refractivity contribution < 1.29 is 14.4 Å². The van der Waals surface area contributed by atoms with Crippen molar-refractivity contribution in [2.75, 3.05) is 16.4 Å². The van der Waals surface area contributed by atoms with E-state index in [4.69, 9.17) is 0 Å². The summed E-state index contributed by atoms with van der Waals surface area (Å²) in [5.41, 5.74) is 1.95. The number of thioether (sulfide) groups is 1. The maximum Gasteiger partial charge on any atom is 0.272 e. The average Bonchev–Trinajstić information content (AvgIpc) is 3.50. The molecule has 0 saturated heterocycles. The summed E-state index contributed by atoms with van der Waals surface area (Å²) < 4.78 is 0. The van der Waals surface area contributed by atoms with E-state index in [0.717, 1.165) is 26.2 Å². The molecular weight excluding hydrogens is 539 g/mol. The van der Waals surface area contributed by atoms with Crippen LogP contribution in [0.15, 0.2) is 125 Å². The van der Waals surface area contributed by atoms with Gasteiger partial charge >= 0.3 is 0 Å². The monoisotopic (exact) mass is 563 g/mol. The molecule has 5 rings (SSSR count). The van der Waals surface area contributed by atoms with Gasteiger partial charge in [-0.2, -0.15) is 0 Å². The van der Waals surface area contributed by atoms with Gasteiger partial charge < -0.3 is 16.0 Å². The fourth-order valence-electron chi connectivity index (χ4n) is 3.96. The van der Waals surface area contributed by atoms with Crippen molar-refractivity contribution in [1.82, 2.24) is 5.32 Å². The summed E-state index contributed by atoms with van der Waals surface area (Å²) in [7, 11) is 0. The Labute approximate surface area is 240 Å². The van der Waals surface area contributed by atoms with Gasteiger partial charge in [-0.1, -0.05) is 60.7 Å². The molecule has 0 fully saturated rings. The quantitative estimate of drug-likeness (QED) is 0.133. The predicted molar refractivity (Wildman–Crippen MR) is 165 cm³/mol. The molecule has 0 aliphatic rings. The number of fused-ring (bicyclic) bond motifs is 1. The highest BCUT2D eigenvalue weighted by Gasteiger charge is 2.15. The lowest BCUT2D eigenvalue weighted by Gasteiger charge is -2.12. The second kappa shape index (κ2) is 12.9. The minimum absolute atomic E-state index is 0.101. The Bertz CT molecular complexity index is 1660. The Hall–Kier alpha value is -4.66. The molecule has 0 atom stereocenters. The Kier molecular flexibility index (Phi) is 8.70. The smallest absolute Gasteiger partial charge is 0.272 e. The van der Waals surface area contributed by atoms with E-state index in [0.29, 0.717) is 11.3 Å². The fraction of sp³-hybridized carbons (Fsp3) is 0.0312. The summed E-state index contributed by atoms with van der Waals surface area (Å²) in [5.74, 6) is -0.662. The number of rotatable bonds is 9. The SMILES string of the molecule is O=C(CSc1ccc(NC(=O)/C(=C/c2cccs2)NC(=O)c2ccccc2)cc1)Nc1cccc2ccccc12. The number of carbonyl (C=O) groups is 3. The maximum absolute atomic E-state index is 13.1. The third-order valence-electron chi connectivity index (χ3n) is 5.90. The van der Waals surface area contributed by atoms with E-state index in [1.165, 1.54) is 23.1 Å². The fourth-order valence-corrected chi connectivity index (χ4v) is 5.32. The van der Waals surface area contributed by atoms with Crippen molar-refractivity contribution in [2.24, 2.45) is 0 Å². The lowest BCUT2D eigenvalue weighted by atomic mass is 10.1. The van der Waals surface area contributed by atoms with Crippen molar-refractivity contribution in [1.29, 1.82) is 0 Å². The number of nitrogens with one attached hydrogen (secondary N) is 3. The van der Waals surface area contributed by atoms with E-state index >= 15 is 0 Å². The summed E-state index contributed by atoms with van der Waals surface area (Å²) in [6, 6.07) is 33.5. The molecule has 8 heteroatoms. The first-order valence-corrected chi connectivity index (χ1v) is 14.3. The maximum atomic E-state index is 13.1. The van der Waals surface area contributed by atoms with Crippen molar-refractivity contribution >= 4 is 69.0 Å². The van der Waals surface area contributed by atoms with E-state index < -0.39 is 5.91 Å². The normalized spacial score (nSPS) is 11.2. The molecule has 5 aromatic rings. The summed E-state index contributed by atoms with van der Waals surface area (Å²) in [6.07, 6.45) is 1.65. The largest absolute Gasteiger partial charge is 0.325 e. The van der Waals surface area contributed by atoms with Crippen LogP contribution in [0.25, 0.3) is 16.8 Å². The Morgan fingerprint density at radius 3 is 2.27 bits per heavy atom. The van der Waals surface area contributed by atoms with Gasteiger partial charge in [0.05, 0.1) is 5.75 Å². The molecule has 0 spiro atoms. The number of hydrogen-bond donors (Lipinski definition) is 3. The van der Waals surface area contributed by atoms with Crippen LogP contribution in [0.3, 0.4) is 0 Å². The third-order valence-corrected chi connectivity index (χ3v) is 7.74. The van der Waals surface area contributed by atoms with Crippen LogP contribution in [0.1, 0.15) is 15.2 Å². The van der Waals surface area contributed by atoms with Crippen LogP contribution in [0.5, 0.6) is 0 Å². The molecule has 4 aromatic carbocycles. The minimum atomic E-state index is -0.437. The van der Waals surface area contributed by atoms with Crippen LogP contribution in [0.2, 0.25) is 0 Å². The second-order valence-electron chi connectivity index (χ2n) is 8.74. The molecule has 198 valence electrons. The van der Waals surface area contributed by atoms with Gasteiger partial charge in [-0.05, 0) is 65.4 Å². The van der Waals surface area contributed by atoms with E-state index in [1.54, 1.807) is 42.5 Å². The van der Waals surface area contributed by atoms with E-state index in [1.807, 2.05) is 78.2 Å². The van der Waals surface area contributed by atoms with E-state index in [9.17, 15) is 14.4 Å². The topological polar surface area (TPSA) is 87.3 Å². The van der Waals surface area contributed by atoms with Gasteiger partial charge in [-0.15, -0.1) is 23.1 Å². The van der Waals surface area contributed by atoms with E-state index in [-0.39, 0.29) is 23.3 Å². The van der Waals surface area contributed by atoms with Crippen LogP contribution in [-0.4, -0.2) is 23.5 Å². The molecule has 1 heterocycles. The Morgan fingerprint density at radius 1 is 0.750 bits per heavy atom. The highest BCUT2D eigenvalue weighted by atomic mass is 32.2. The zero-order chi connectivity index (χ0) is 27.7. The number of hydrogen-bond acceptors (Lipinski definition) is 5. The van der Waals surface area contributed by atoms with Gasteiger partial charge in [0.25, 0.3) is 11.8 Å². The summed E-state index contributed by atoms with van der Waals surface area (Å²) in [5, 5.41) is 12.5. The number of benzene rings is 4. The molecule has 6 nitrogen and oxygen atoms in total. The minimum Gasteiger partial charge on any atom is -0.325 e. The molecule has 40 heavy (non-hydrogen) atoms. The number of thiophene rings is 1. The zero-order valence-corrected chi connectivity index (χ0v) is 22.9. The molecule has 0 saturated carbocycles. The van der Waals surface area contributed by atoms with Gasteiger partial charge in [0.15, 0.2) is 0 Å². The van der Waals surface area contributed by atoms with Crippen LogP contribution >= 0.6 is 23.1 Å².